The minimum atomic E-state index is -4.10. The lowest BCUT2D eigenvalue weighted by Crippen LogP contribution is -2.60. The first-order chi connectivity index (χ1) is 18.6. The summed E-state index contributed by atoms with van der Waals surface area (Å²) in [5.74, 6) is -0.0467. The molecular weight excluding hydrogens is 540 g/mol. The predicted octanol–water partition coefficient (Wildman–Crippen LogP) is 2.69. The Kier molecular flexibility index (Phi) is 8.80. The van der Waals surface area contributed by atoms with Crippen LogP contribution in [-0.4, -0.2) is 69.3 Å². The number of carbonyl (C=O) groups excluding carboxylic acids is 1. The molecule has 1 saturated heterocycles. The van der Waals surface area contributed by atoms with E-state index in [1.165, 1.54) is 24.3 Å². The van der Waals surface area contributed by atoms with Gasteiger partial charge in [-0.3, -0.25) is 4.79 Å². The molecule has 12 heteroatoms. The minimum absolute atomic E-state index is 0.0104. The molecule has 3 aromatic rings. The number of hydrazone groups is 1. The summed E-state index contributed by atoms with van der Waals surface area (Å²) < 4.78 is 61.2. The first-order valence-electron chi connectivity index (χ1n) is 12.3. The molecule has 0 aliphatic carbocycles. The monoisotopic (exact) mass is 570 g/mol. The maximum absolute atomic E-state index is 13.5. The smallest absolute Gasteiger partial charge is 0.259 e. The number of nitrogens with zero attached hydrogens (tertiary/aromatic N) is 3. The molecule has 1 amide bonds. The summed E-state index contributed by atoms with van der Waals surface area (Å²) in [6.07, 6.45) is 0. The fourth-order valence-electron chi connectivity index (χ4n) is 4.17. The van der Waals surface area contributed by atoms with Crippen LogP contribution in [0.2, 0.25) is 0 Å². The summed E-state index contributed by atoms with van der Waals surface area (Å²) in [7, 11) is -8.06. The van der Waals surface area contributed by atoms with Gasteiger partial charge in [-0.25, -0.2) is 22.3 Å². The van der Waals surface area contributed by atoms with Crippen LogP contribution in [0.15, 0.2) is 99.8 Å². The highest BCUT2D eigenvalue weighted by molar-refractivity contribution is 7.89. The summed E-state index contributed by atoms with van der Waals surface area (Å²) >= 11 is 0. The molecular formula is C27H30N4O6S2. The van der Waals surface area contributed by atoms with Crippen molar-refractivity contribution in [2.75, 3.05) is 26.2 Å². The lowest BCUT2D eigenvalue weighted by Gasteiger charge is -2.38. The fourth-order valence-corrected chi connectivity index (χ4v) is 7.22. The largest absolute Gasteiger partial charge is 0.494 e. The molecule has 39 heavy (non-hydrogen) atoms. The van der Waals surface area contributed by atoms with Crippen LogP contribution < -0.4 is 10.2 Å². The maximum atomic E-state index is 13.5. The van der Waals surface area contributed by atoms with Gasteiger partial charge in [-0.2, -0.15) is 13.7 Å². The predicted molar refractivity (Wildman–Crippen MR) is 147 cm³/mol. The number of nitrogens with one attached hydrogen (secondary N) is 1. The molecule has 206 valence electrons. The van der Waals surface area contributed by atoms with Crippen molar-refractivity contribution >= 4 is 31.7 Å². The minimum Gasteiger partial charge on any atom is -0.494 e. The van der Waals surface area contributed by atoms with Gasteiger partial charge >= 0.3 is 0 Å². The summed E-state index contributed by atoms with van der Waals surface area (Å²) in [5.41, 5.74) is 3.65. The van der Waals surface area contributed by atoms with E-state index in [9.17, 15) is 21.6 Å². The summed E-state index contributed by atoms with van der Waals surface area (Å²) in [5, 5.41) is 4.17. The second kappa shape index (κ2) is 12.1. The molecule has 0 spiro atoms. The molecule has 1 atom stereocenters. The Labute approximate surface area is 229 Å². The zero-order valence-electron chi connectivity index (χ0n) is 21.6. The van der Waals surface area contributed by atoms with Crippen molar-refractivity contribution in [3.05, 3.63) is 90.5 Å². The zero-order valence-corrected chi connectivity index (χ0v) is 23.2. The zero-order chi connectivity index (χ0) is 28.0. The maximum Gasteiger partial charge on any atom is 0.259 e. The van der Waals surface area contributed by atoms with Gasteiger partial charge in [0, 0.05) is 19.6 Å². The fraction of sp³-hybridized carbons (Fsp3) is 0.259. The number of sulfonamides is 2. The molecule has 4 rings (SSSR count). The second-order valence-corrected chi connectivity index (χ2v) is 12.6. The normalized spacial score (nSPS) is 17.5. The van der Waals surface area contributed by atoms with Crippen LogP contribution in [0.25, 0.3) is 0 Å². The number of hydrogen-bond acceptors (Lipinski definition) is 7. The van der Waals surface area contributed by atoms with Crippen molar-refractivity contribution in [2.24, 2.45) is 5.10 Å². The molecule has 3 aromatic carbocycles. The highest BCUT2D eigenvalue weighted by atomic mass is 32.2. The van der Waals surface area contributed by atoms with E-state index in [0.29, 0.717) is 18.1 Å². The molecule has 1 heterocycles. The van der Waals surface area contributed by atoms with Gasteiger partial charge in [0.2, 0.25) is 20.0 Å². The van der Waals surface area contributed by atoms with Crippen molar-refractivity contribution in [2.45, 2.75) is 29.7 Å². The Morgan fingerprint density at radius 3 is 2.00 bits per heavy atom. The highest BCUT2D eigenvalue weighted by Gasteiger charge is 2.43. The number of rotatable bonds is 9. The average molecular weight is 571 g/mol. The van der Waals surface area contributed by atoms with Crippen molar-refractivity contribution in [3.8, 4) is 5.75 Å². The van der Waals surface area contributed by atoms with E-state index >= 15 is 0 Å². The molecule has 1 fully saturated rings. The van der Waals surface area contributed by atoms with Crippen molar-refractivity contribution in [1.29, 1.82) is 0 Å². The Bertz CT molecular complexity index is 1530. The van der Waals surface area contributed by atoms with Gasteiger partial charge in [-0.1, -0.05) is 36.4 Å². The first kappa shape index (κ1) is 28.4. The van der Waals surface area contributed by atoms with Gasteiger partial charge in [-0.15, -0.1) is 0 Å². The Morgan fingerprint density at radius 2 is 1.44 bits per heavy atom. The average Bonchev–Trinajstić information content (AvgIpc) is 2.97. The molecule has 1 aliphatic rings. The van der Waals surface area contributed by atoms with Crippen molar-refractivity contribution < 1.29 is 26.4 Å². The van der Waals surface area contributed by atoms with E-state index in [1.54, 1.807) is 67.6 Å². The number of benzene rings is 3. The topological polar surface area (TPSA) is 125 Å². The van der Waals surface area contributed by atoms with Crippen LogP contribution >= 0.6 is 0 Å². The van der Waals surface area contributed by atoms with Crippen LogP contribution in [0.4, 0.5) is 0 Å². The van der Waals surface area contributed by atoms with Gasteiger partial charge in [0.15, 0.2) is 0 Å². The third-order valence-electron chi connectivity index (χ3n) is 6.24. The van der Waals surface area contributed by atoms with E-state index < -0.39 is 32.0 Å². The second-order valence-electron chi connectivity index (χ2n) is 8.75. The number of piperazine rings is 1. The van der Waals surface area contributed by atoms with Gasteiger partial charge in [0.1, 0.15) is 11.8 Å². The third kappa shape index (κ3) is 6.36. The Morgan fingerprint density at radius 1 is 0.872 bits per heavy atom. The van der Waals surface area contributed by atoms with Crippen LogP contribution in [0, 0.1) is 0 Å². The molecule has 1 N–H and O–H groups in total. The van der Waals surface area contributed by atoms with E-state index in [1.807, 2.05) is 6.92 Å². The molecule has 0 saturated carbocycles. The third-order valence-corrected chi connectivity index (χ3v) is 10.0. The standard InChI is InChI=1S/C27H30N4O6S2/c1-3-37-23-16-14-22(15-17-23)21(2)28-29-27(32)26-20-30(38(33,34)24-10-6-4-7-11-24)18-19-31(26)39(35,36)25-12-8-5-9-13-25/h4-17,26H,3,18-20H2,1-2H3,(H,29,32)/b28-21-/t26-/m0/s1. The SMILES string of the molecule is CCOc1ccc(/C(C)=N\NC(=O)[C@@H]2CN(S(=O)(=O)c3ccccc3)CCN2S(=O)(=O)c2ccccc2)cc1. The van der Waals surface area contributed by atoms with Crippen LogP contribution in [-0.2, 0) is 24.8 Å². The molecule has 0 aromatic heterocycles. The van der Waals surface area contributed by atoms with Crippen molar-refractivity contribution in [1.82, 2.24) is 14.0 Å². The molecule has 1 aliphatic heterocycles. The van der Waals surface area contributed by atoms with Crippen LogP contribution in [0.5, 0.6) is 5.75 Å². The van der Waals surface area contributed by atoms with Gasteiger partial charge in [-0.05, 0) is 67.9 Å². The molecule has 0 radical (unpaired) electrons. The van der Waals surface area contributed by atoms with E-state index in [-0.39, 0.29) is 29.4 Å². The lowest BCUT2D eigenvalue weighted by atomic mass is 10.1. The van der Waals surface area contributed by atoms with E-state index in [0.717, 1.165) is 14.2 Å². The number of ether oxygens (including phenoxy) is 1. The highest BCUT2D eigenvalue weighted by Crippen LogP contribution is 2.25. The number of hydrogen-bond donors (Lipinski definition) is 1. The summed E-state index contributed by atoms with van der Waals surface area (Å²) in [6, 6.07) is 21.3. The number of amides is 1. The Hall–Kier alpha value is -3.58. The summed E-state index contributed by atoms with van der Waals surface area (Å²) in [6.45, 7) is 3.43. The van der Waals surface area contributed by atoms with Crippen LogP contribution in [0.3, 0.4) is 0 Å². The van der Waals surface area contributed by atoms with E-state index in [2.05, 4.69) is 10.5 Å². The lowest BCUT2D eigenvalue weighted by molar-refractivity contribution is -0.125. The van der Waals surface area contributed by atoms with E-state index in [4.69, 9.17) is 4.74 Å². The van der Waals surface area contributed by atoms with Crippen LogP contribution in [0.1, 0.15) is 19.4 Å². The van der Waals surface area contributed by atoms with Gasteiger partial charge in [0.25, 0.3) is 5.91 Å². The van der Waals surface area contributed by atoms with Crippen molar-refractivity contribution in [3.63, 3.8) is 0 Å². The van der Waals surface area contributed by atoms with Gasteiger partial charge in [0.05, 0.1) is 22.1 Å². The summed E-state index contributed by atoms with van der Waals surface area (Å²) in [4.78, 5) is 13.5. The molecule has 0 unspecified atom stereocenters. The first-order valence-corrected chi connectivity index (χ1v) is 15.2. The molecule has 10 nitrogen and oxygen atoms in total. The molecule has 0 bridgehead atoms. The quantitative estimate of drug-likeness (QED) is 0.312. The Balaban J connectivity index is 1.62. The number of carbonyl (C=O) groups is 1. The van der Waals surface area contributed by atoms with Gasteiger partial charge < -0.3 is 4.74 Å².